The fourth-order valence-corrected chi connectivity index (χ4v) is 2.85. The molecule has 2 fully saturated rings. The lowest BCUT2D eigenvalue weighted by Crippen LogP contribution is -2.44. The fraction of sp³-hybridized carbons (Fsp3) is 0.562. The van der Waals surface area contributed by atoms with E-state index in [1.165, 1.54) is 24.1 Å². The van der Waals surface area contributed by atoms with E-state index in [2.05, 4.69) is 29.3 Å². The van der Waals surface area contributed by atoms with Gasteiger partial charge in [-0.3, -0.25) is 5.01 Å². The highest BCUT2D eigenvalue weighted by molar-refractivity contribution is 5.94. The van der Waals surface area contributed by atoms with Crippen LogP contribution in [0.5, 0.6) is 0 Å². The number of methoxy groups -OCH3 is 1. The van der Waals surface area contributed by atoms with Crippen molar-refractivity contribution >= 4 is 5.71 Å². The minimum absolute atomic E-state index is 0.154. The fourth-order valence-electron chi connectivity index (χ4n) is 2.85. The van der Waals surface area contributed by atoms with Gasteiger partial charge in [0.25, 0.3) is 0 Å². The molecule has 0 saturated carbocycles. The molecule has 3 rings (SSSR count). The molecule has 0 N–H and O–H groups in total. The second kappa shape index (κ2) is 6.37. The zero-order valence-electron chi connectivity index (χ0n) is 12.0. The minimum atomic E-state index is 0.154. The first kappa shape index (κ1) is 13.6. The number of hydrogen-bond acceptors (Lipinski definition) is 4. The van der Waals surface area contributed by atoms with Gasteiger partial charge < -0.3 is 9.47 Å². The van der Waals surface area contributed by atoms with E-state index in [0.717, 1.165) is 19.6 Å². The molecule has 1 aromatic rings. The highest BCUT2D eigenvalue weighted by atomic mass is 16.5. The molecule has 0 unspecified atom stereocenters. The van der Waals surface area contributed by atoms with Crippen LogP contribution in [0, 0.1) is 0 Å². The lowest BCUT2D eigenvalue weighted by molar-refractivity contribution is 0.0643. The van der Waals surface area contributed by atoms with E-state index >= 15 is 0 Å². The van der Waals surface area contributed by atoms with Crippen molar-refractivity contribution in [3.8, 4) is 0 Å². The summed E-state index contributed by atoms with van der Waals surface area (Å²) in [5.41, 5.74) is 2.48. The average Bonchev–Trinajstić information content (AvgIpc) is 2.90. The molecule has 4 nitrogen and oxygen atoms in total. The molecular formula is C16H22N2O2. The second-order valence-corrected chi connectivity index (χ2v) is 5.50. The summed E-state index contributed by atoms with van der Waals surface area (Å²) in [5, 5.41) is 7.00. The molecule has 2 heterocycles. The van der Waals surface area contributed by atoms with Crippen LogP contribution in [-0.4, -0.2) is 49.7 Å². The zero-order chi connectivity index (χ0) is 13.8. The molecule has 4 heteroatoms. The van der Waals surface area contributed by atoms with Gasteiger partial charge in [0.2, 0.25) is 0 Å². The van der Waals surface area contributed by atoms with Crippen molar-refractivity contribution in [1.29, 1.82) is 0 Å². The summed E-state index contributed by atoms with van der Waals surface area (Å²) < 4.78 is 10.9. The van der Waals surface area contributed by atoms with Crippen LogP contribution >= 0.6 is 0 Å². The molecule has 2 aliphatic heterocycles. The number of hydrazone groups is 1. The molecule has 0 aromatic heterocycles. The third-order valence-corrected chi connectivity index (χ3v) is 4.03. The van der Waals surface area contributed by atoms with Gasteiger partial charge in [0.15, 0.2) is 0 Å². The Labute approximate surface area is 120 Å². The molecule has 0 bridgehead atoms. The summed E-state index contributed by atoms with van der Waals surface area (Å²) in [5.74, 6) is 0. The third-order valence-electron chi connectivity index (χ3n) is 4.03. The zero-order valence-corrected chi connectivity index (χ0v) is 12.0. The number of hydrogen-bond donors (Lipinski definition) is 0. The minimum Gasteiger partial charge on any atom is -0.382 e. The maximum atomic E-state index is 5.66. The molecule has 2 aliphatic rings. The predicted octanol–water partition coefficient (Wildman–Crippen LogP) is 2.09. The molecule has 108 valence electrons. The molecule has 1 aromatic carbocycles. The van der Waals surface area contributed by atoms with Crippen molar-refractivity contribution in [3.05, 3.63) is 35.9 Å². The van der Waals surface area contributed by atoms with Crippen LogP contribution in [0.25, 0.3) is 0 Å². The van der Waals surface area contributed by atoms with E-state index in [4.69, 9.17) is 14.6 Å². The van der Waals surface area contributed by atoms with Crippen LogP contribution in [0.1, 0.15) is 18.4 Å². The van der Waals surface area contributed by atoms with E-state index in [9.17, 15) is 0 Å². The summed E-state index contributed by atoms with van der Waals surface area (Å²) in [4.78, 5) is 0. The van der Waals surface area contributed by atoms with Gasteiger partial charge >= 0.3 is 0 Å². The first-order valence-corrected chi connectivity index (χ1v) is 7.35. The Morgan fingerprint density at radius 1 is 1.35 bits per heavy atom. The quantitative estimate of drug-likeness (QED) is 0.824. The Morgan fingerprint density at radius 2 is 2.20 bits per heavy atom. The molecule has 0 spiro atoms. The largest absolute Gasteiger partial charge is 0.382 e. The monoisotopic (exact) mass is 274 g/mol. The Morgan fingerprint density at radius 3 is 2.90 bits per heavy atom. The van der Waals surface area contributed by atoms with Crippen molar-refractivity contribution in [1.82, 2.24) is 5.01 Å². The topological polar surface area (TPSA) is 34.1 Å². The van der Waals surface area contributed by atoms with E-state index in [1.807, 2.05) is 6.07 Å². The van der Waals surface area contributed by atoms with E-state index in [0.29, 0.717) is 12.6 Å². The van der Waals surface area contributed by atoms with Gasteiger partial charge in [0.05, 0.1) is 25.0 Å². The summed E-state index contributed by atoms with van der Waals surface area (Å²) >= 11 is 0. The summed E-state index contributed by atoms with van der Waals surface area (Å²) in [6.45, 7) is 2.48. The molecule has 0 radical (unpaired) electrons. The summed E-state index contributed by atoms with van der Waals surface area (Å²) in [6, 6.07) is 10.9. The van der Waals surface area contributed by atoms with Crippen molar-refractivity contribution in [2.45, 2.75) is 31.4 Å². The van der Waals surface area contributed by atoms with Gasteiger partial charge in [-0.15, -0.1) is 0 Å². The van der Waals surface area contributed by atoms with Crippen molar-refractivity contribution in [2.75, 3.05) is 26.9 Å². The van der Waals surface area contributed by atoms with Crippen LogP contribution in [0.2, 0.25) is 0 Å². The van der Waals surface area contributed by atoms with Gasteiger partial charge in [-0.1, -0.05) is 30.3 Å². The van der Waals surface area contributed by atoms with Crippen LogP contribution < -0.4 is 0 Å². The van der Waals surface area contributed by atoms with Crippen molar-refractivity contribution in [2.24, 2.45) is 5.10 Å². The lowest BCUT2D eigenvalue weighted by Gasteiger charge is -2.32. The molecule has 0 aliphatic carbocycles. The number of benzene rings is 1. The average molecular weight is 274 g/mol. The SMILES string of the molecule is COC[C@@H]1CCCN1/N=C1/CO[C@H]1Cc1ccccc1. The van der Waals surface area contributed by atoms with Gasteiger partial charge in [0.1, 0.15) is 6.10 Å². The smallest absolute Gasteiger partial charge is 0.104 e. The lowest BCUT2D eigenvalue weighted by atomic mass is 10.0. The Hall–Kier alpha value is -1.39. The first-order valence-electron chi connectivity index (χ1n) is 7.35. The highest BCUT2D eigenvalue weighted by Crippen LogP contribution is 2.21. The van der Waals surface area contributed by atoms with Crippen LogP contribution in [0.15, 0.2) is 35.4 Å². The van der Waals surface area contributed by atoms with E-state index in [-0.39, 0.29) is 6.10 Å². The molecule has 0 amide bonds. The maximum absolute atomic E-state index is 5.66. The summed E-state index contributed by atoms with van der Waals surface area (Å²) in [6.07, 6.45) is 3.45. The van der Waals surface area contributed by atoms with Crippen LogP contribution in [-0.2, 0) is 15.9 Å². The maximum Gasteiger partial charge on any atom is 0.104 e. The molecule has 2 atom stereocenters. The van der Waals surface area contributed by atoms with Gasteiger partial charge in [-0.2, -0.15) is 5.10 Å². The van der Waals surface area contributed by atoms with Crippen LogP contribution in [0.4, 0.5) is 0 Å². The summed E-state index contributed by atoms with van der Waals surface area (Å²) in [7, 11) is 1.76. The molecular weight excluding hydrogens is 252 g/mol. The molecule has 20 heavy (non-hydrogen) atoms. The first-order chi connectivity index (χ1) is 9.86. The second-order valence-electron chi connectivity index (χ2n) is 5.50. The van der Waals surface area contributed by atoms with Gasteiger partial charge in [0, 0.05) is 20.1 Å². The van der Waals surface area contributed by atoms with Crippen molar-refractivity contribution < 1.29 is 9.47 Å². The van der Waals surface area contributed by atoms with Crippen molar-refractivity contribution in [3.63, 3.8) is 0 Å². The normalized spacial score (nSPS) is 27.9. The predicted molar refractivity (Wildman–Crippen MR) is 78.9 cm³/mol. The van der Waals surface area contributed by atoms with Gasteiger partial charge in [-0.25, -0.2) is 0 Å². The Balaban J connectivity index is 1.61. The van der Waals surface area contributed by atoms with Crippen LogP contribution in [0.3, 0.4) is 0 Å². The van der Waals surface area contributed by atoms with E-state index in [1.54, 1.807) is 7.11 Å². The third kappa shape index (κ3) is 3.02. The molecule has 2 saturated heterocycles. The highest BCUT2D eigenvalue weighted by Gasteiger charge is 2.30. The van der Waals surface area contributed by atoms with E-state index < -0.39 is 0 Å². The number of ether oxygens (including phenoxy) is 2. The Kier molecular flexibility index (Phi) is 4.33. The standard InChI is InChI=1S/C16H22N2O2/c1-19-11-14-8-5-9-18(14)17-15-12-20-16(15)10-13-6-3-2-4-7-13/h2-4,6-7,14,16H,5,8-12H2,1H3/b17-15-/t14-,16-/m0/s1. The number of rotatable bonds is 5. The Bertz CT molecular complexity index is 461. The number of nitrogens with zero attached hydrogens (tertiary/aromatic N) is 2. The van der Waals surface area contributed by atoms with Gasteiger partial charge in [-0.05, 0) is 18.4 Å².